The second kappa shape index (κ2) is 11.9. The van der Waals surface area contributed by atoms with Crippen molar-refractivity contribution in [1.82, 2.24) is 4.90 Å². The van der Waals surface area contributed by atoms with Crippen LogP contribution < -0.4 is 24.8 Å². The van der Waals surface area contributed by atoms with Gasteiger partial charge in [-0.2, -0.15) is 0 Å². The Labute approximate surface area is 223 Å². The Morgan fingerprint density at radius 2 is 1.66 bits per heavy atom. The first-order valence-corrected chi connectivity index (χ1v) is 12.7. The first kappa shape index (κ1) is 26.9. The summed E-state index contributed by atoms with van der Waals surface area (Å²) < 4.78 is 16.7. The molecule has 1 aliphatic heterocycles. The lowest BCUT2D eigenvalue weighted by atomic mass is 10.0. The Kier molecular flexibility index (Phi) is 8.41. The zero-order valence-corrected chi connectivity index (χ0v) is 22.5. The van der Waals surface area contributed by atoms with E-state index in [4.69, 9.17) is 14.2 Å². The summed E-state index contributed by atoms with van der Waals surface area (Å²) in [4.78, 5) is 27.5. The fraction of sp³-hybridized carbons (Fsp3) is 0.333. The number of rotatable bonds is 8. The first-order chi connectivity index (χ1) is 18.3. The molecule has 0 spiro atoms. The number of carbonyl (C=O) groups is 2. The van der Waals surface area contributed by atoms with E-state index in [1.165, 1.54) is 5.56 Å². The van der Waals surface area contributed by atoms with Crippen LogP contribution in [0, 0.1) is 0 Å². The minimum absolute atomic E-state index is 0.0845. The van der Waals surface area contributed by atoms with E-state index in [-0.39, 0.29) is 11.9 Å². The highest BCUT2D eigenvalue weighted by molar-refractivity contribution is 5.99. The quantitative estimate of drug-likeness (QED) is 0.393. The zero-order chi connectivity index (χ0) is 27.2. The normalized spacial score (nSPS) is 14.8. The number of nitrogens with one attached hydrogen (secondary N) is 2. The summed E-state index contributed by atoms with van der Waals surface area (Å²) in [5.74, 6) is 2.29. The number of fused-ring (bicyclic) bond motifs is 1. The van der Waals surface area contributed by atoms with Crippen molar-refractivity contribution in [3.63, 3.8) is 0 Å². The molecule has 0 aromatic heterocycles. The largest absolute Gasteiger partial charge is 0.493 e. The van der Waals surface area contributed by atoms with E-state index in [2.05, 4.69) is 24.5 Å². The minimum Gasteiger partial charge on any atom is -0.493 e. The zero-order valence-electron chi connectivity index (χ0n) is 22.5. The molecule has 2 N–H and O–H groups in total. The highest BCUT2D eigenvalue weighted by Crippen LogP contribution is 2.30. The van der Waals surface area contributed by atoms with Crippen LogP contribution in [0.1, 0.15) is 43.4 Å². The number of benzene rings is 3. The van der Waals surface area contributed by atoms with Crippen LogP contribution in [0.25, 0.3) is 0 Å². The van der Waals surface area contributed by atoms with Gasteiger partial charge < -0.3 is 29.7 Å². The average molecular weight is 518 g/mol. The van der Waals surface area contributed by atoms with Gasteiger partial charge in [0.05, 0.1) is 14.2 Å². The third-order valence-electron chi connectivity index (χ3n) is 6.60. The Morgan fingerprint density at radius 1 is 0.974 bits per heavy atom. The topological polar surface area (TPSA) is 89.1 Å². The maximum absolute atomic E-state index is 13.1. The highest BCUT2D eigenvalue weighted by Gasteiger charge is 2.28. The van der Waals surface area contributed by atoms with Crippen molar-refractivity contribution in [2.24, 2.45) is 0 Å². The van der Waals surface area contributed by atoms with Crippen LogP contribution in [0.2, 0.25) is 0 Å². The molecule has 38 heavy (non-hydrogen) atoms. The molecule has 4 rings (SSSR count). The minimum atomic E-state index is -0.613. The summed E-state index contributed by atoms with van der Waals surface area (Å²) >= 11 is 0. The fourth-order valence-electron chi connectivity index (χ4n) is 4.41. The van der Waals surface area contributed by atoms with Crippen molar-refractivity contribution >= 4 is 23.3 Å². The number of hydrogen-bond acceptors (Lipinski definition) is 5. The number of urea groups is 1. The van der Waals surface area contributed by atoms with Crippen molar-refractivity contribution in [3.8, 4) is 17.2 Å². The number of nitrogens with zero attached hydrogens (tertiary/aromatic N) is 1. The Morgan fingerprint density at radius 3 is 2.34 bits per heavy atom. The molecule has 1 aliphatic rings. The Bertz CT molecular complexity index is 1290. The van der Waals surface area contributed by atoms with E-state index in [0.29, 0.717) is 54.1 Å². The van der Waals surface area contributed by atoms with E-state index in [9.17, 15) is 9.59 Å². The van der Waals surface area contributed by atoms with Crippen molar-refractivity contribution < 1.29 is 23.8 Å². The summed E-state index contributed by atoms with van der Waals surface area (Å²) in [6.07, 6.45) is 0.0296. The molecule has 0 radical (unpaired) electrons. The monoisotopic (exact) mass is 517 g/mol. The van der Waals surface area contributed by atoms with Gasteiger partial charge in [-0.3, -0.25) is 4.79 Å². The number of carbonyl (C=O) groups excluding carboxylic acids is 2. The van der Waals surface area contributed by atoms with Gasteiger partial charge in [-0.05, 0) is 72.9 Å². The lowest BCUT2D eigenvalue weighted by molar-refractivity contribution is -0.137. The van der Waals surface area contributed by atoms with E-state index < -0.39 is 6.10 Å². The summed E-state index contributed by atoms with van der Waals surface area (Å²) in [6.45, 7) is 6.89. The van der Waals surface area contributed by atoms with Gasteiger partial charge in [0, 0.05) is 30.0 Å². The van der Waals surface area contributed by atoms with Crippen molar-refractivity contribution in [3.05, 3.63) is 77.4 Å². The third kappa shape index (κ3) is 6.37. The lowest BCUT2D eigenvalue weighted by Gasteiger charge is -2.22. The Balaban J connectivity index is 1.44. The first-order valence-electron chi connectivity index (χ1n) is 12.7. The van der Waals surface area contributed by atoms with Crippen LogP contribution in [0.15, 0.2) is 60.7 Å². The maximum atomic E-state index is 13.1. The molecule has 0 saturated heterocycles. The molecule has 1 heterocycles. The second-order valence-electron chi connectivity index (χ2n) is 9.64. The van der Waals surface area contributed by atoms with Crippen molar-refractivity contribution in [2.45, 2.75) is 45.8 Å². The number of amides is 3. The number of anilines is 2. The van der Waals surface area contributed by atoms with Gasteiger partial charge in [-0.15, -0.1) is 0 Å². The summed E-state index contributed by atoms with van der Waals surface area (Å²) in [7, 11) is 3.20. The lowest BCUT2D eigenvalue weighted by Crippen LogP contribution is -2.39. The molecule has 3 amide bonds. The predicted molar refractivity (Wildman–Crippen MR) is 148 cm³/mol. The van der Waals surface area contributed by atoms with Gasteiger partial charge in [-0.25, -0.2) is 4.79 Å². The predicted octanol–water partition coefficient (Wildman–Crippen LogP) is 5.82. The molecular weight excluding hydrogens is 482 g/mol. The van der Waals surface area contributed by atoms with Crippen LogP contribution >= 0.6 is 0 Å². The molecule has 0 aliphatic carbocycles. The van der Waals surface area contributed by atoms with Crippen molar-refractivity contribution in [2.75, 3.05) is 31.4 Å². The maximum Gasteiger partial charge on any atom is 0.323 e. The number of ether oxygens (including phenoxy) is 3. The molecular formula is C30H35N3O5. The number of methoxy groups -OCH3 is 2. The molecule has 200 valence electrons. The fourth-order valence-corrected chi connectivity index (χ4v) is 4.41. The van der Waals surface area contributed by atoms with E-state index in [1.54, 1.807) is 38.2 Å². The molecule has 0 unspecified atom stereocenters. The van der Waals surface area contributed by atoms with Gasteiger partial charge in [0.25, 0.3) is 5.91 Å². The van der Waals surface area contributed by atoms with Crippen LogP contribution in [-0.2, 0) is 17.8 Å². The average Bonchev–Trinajstić information content (AvgIpc) is 3.02. The van der Waals surface area contributed by atoms with Gasteiger partial charge in [0.15, 0.2) is 17.6 Å². The molecule has 3 aromatic carbocycles. The SMILES string of the molecule is COc1ccc(CCN2Cc3cc(NC(=O)Nc4ccc(C(C)C)cc4)ccc3O[C@H](C)C2=O)cc1OC. The number of hydrogen-bond donors (Lipinski definition) is 2. The summed E-state index contributed by atoms with van der Waals surface area (Å²) in [5.41, 5.74) is 4.40. The summed E-state index contributed by atoms with van der Waals surface area (Å²) in [6, 6.07) is 18.6. The summed E-state index contributed by atoms with van der Waals surface area (Å²) in [5, 5.41) is 5.74. The van der Waals surface area contributed by atoms with Crippen LogP contribution in [-0.4, -0.2) is 43.7 Å². The van der Waals surface area contributed by atoms with Crippen LogP contribution in [0.4, 0.5) is 16.2 Å². The van der Waals surface area contributed by atoms with Crippen molar-refractivity contribution in [1.29, 1.82) is 0 Å². The molecule has 1 atom stereocenters. The van der Waals surface area contributed by atoms with Gasteiger partial charge in [-0.1, -0.05) is 32.0 Å². The third-order valence-corrected chi connectivity index (χ3v) is 6.60. The molecule has 8 heteroatoms. The van der Waals surface area contributed by atoms with Crippen LogP contribution in [0.3, 0.4) is 0 Å². The van der Waals surface area contributed by atoms with E-state index in [0.717, 1.165) is 11.1 Å². The molecule has 8 nitrogen and oxygen atoms in total. The Hall–Kier alpha value is -4.20. The van der Waals surface area contributed by atoms with Gasteiger partial charge in [0.1, 0.15) is 5.75 Å². The second-order valence-corrected chi connectivity index (χ2v) is 9.64. The molecule has 3 aromatic rings. The molecule has 0 bridgehead atoms. The highest BCUT2D eigenvalue weighted by atomic mass is 16.5. The van der Waals surface area contributed by atoms with Gasteiger partial charge >= 0.3 is 6.03 Å². The van der Waals surface area contributed by atoms with E-state index in [1.807, 2.05) is 48.5 Å². The van der Waals surface area contributed by atoms with Gasteiger partial charge in [0.2, 0.25) is 0 Å². The molecule has 0 saturated carbocycles. The molecule has 0 fully saturated rings. The van der Waals surface area contributed by atoms with E-state index >= 15 is 0 Å². The smallest absolute Gasteiger partial charge is 0.323 e. The standard InChI is InChI=1S/C30H35N3O5/c1-19(2)22-7-9-24(10-8-22)31-30(35)32-25-11-13-26-23(17-25)18-33(29(34)20(3)38-26)15-14-21-6-12-27(36-4)28(16-21)37-5/h6-13,16-17,19-20H,14-15,18H2,1-5H3,(H2,31,32,35)/t20-/m1/s1. The van der Waals surface area contributed by atoms with Crippen LogP contribution in [0.5, 0.6) is 17.2 Å².